The smallest absolute Gasteiger partial charge is 0.240 e. The van der Waals surface area contributed by atoms with Crippen LogP contribution in [0.25, 0.3) is 5.69 Å². The number of benzene rings is 2. The van der Waals surface area contributed by atoms with Crippen LogP contribution in [-0.2, 0) is 11.2 Å². The Kier molecular flexibility index (Phi) is 6.33. The van der Waals surface area contributed by atoms with Gasteiger partial charge < -0.3 is 20.9 Å². The molecule has 0 saturated heterocycles. The number of nitriles is 1. The second kappa shape index (κ2) is 9.50. The third-order valence-corrected chi connectivity index (χ3v) is 5.76. The first kappa shape index (κ1) is 22.0. The normalized spacial score (nSPS) is 11.5. The molecule has 1 amide bonds. The molecule has 0 bridgehead atoms. The summed E-state index contributed by atoms with van der Waals surface area (Å²) in [6.45, 7) is 1.85. The molecule has 4 aromatic rings. The largest absolute Gasteiger partial charge is 0.371 e. The van der Waals surface area contributed by atoms with Crippen molar-refractivity contribution in [2.24, 2.45) is 5.73 Å². The van der Waals surface area contributed by atoms with Gasteiger partial charge in [-0.25, -0.2) is 9.37 Å². The van der Waals surface area contributed by atoms with Crippen molar-refractivity contribution in [2.45, 2.75) is 19.4 Å². The number of aromatic nitrogens is 3. The Labute approximate surface area is 193 Å². The van der Waals surface area contributed by atoms with Gasteiger partial charge in [-0.05, 0) is 54.4 Å². The van der Waals surface area contributed by atoms with E-state index in [2.05, 4.69) is 20.0 Å². The van der Waals surface area contributed by atoms with Gasteiger partial charge in [-0.2, -0.15) is 9.64 Å². The topological polar surface area (TPSA) is 122 Å². The molecule has 4 rings (SSSR count). The molecule has 0 saturated carbocycles. The molecule has 33 heavy (non-hydrogen) atoms. The molecule has 0 aliphatic carbocycles. The van der Waals surface area contributed by atoms with Crippen LogP contribution in [0.15, 0.2) is 61.2 Å². The summed E-state index contributed by atoms with van der Waals surface area (Å²) in [7, 11) is 0. The molecule has 8 nitrogen and oxygen atoms in total. The molecule has 0 radical (unpaired) electrons. The van der Waals surface area contributed by atoms with Gasteiger partial charge in [0, 0.05) is 24.5 Å². The second-order valence-corrected chi connectivity index (χ2v) is 8.19. The van der Waals surface area contributed by atoms with Gasteiger partial charge in [-0.3, -0.25) is 4.79 Å². The van der Waals surface area contributed by atoms with Crippen LogP contribution < -0.4 is 16.4 Å². The number of nitrogens with two attached hydrogens (primary N) is 1. The van der Waals surface area contributed by atoms with Gasteiger partial charge in [0.1, 0.15) is 22.9 Å². The molecule has 166 valence electrons. The highest BCUT2D eigenvalue weighted by Crippen LogP contribution is 2.29. The summed E-state index contributed by atoms with van der Waals surface area (Å²) >= 11 is 1.23. The number of imidazole rings is 1. The fourth-order valence-corrected chi connectivity index (χ4v) is 3.97. The van der Waals surface area contributed by atoms with Gasteiger partial charge in [0.15, 0.2) is 0 Å². The molecule has 0 aliphatic rings. The van der Waals surface area contributed by atoms with Crippen molar-refractivity contribution in [1.82, 2.24) is 13.9 Å². The van der Waals surface area contributed by atoms with Crippen LogP contribution >= 0.6 is 11.5 Å². The van der Waals surface area contributed by atoms with Crippen molar-refractivity contribution in [3.05, 3.63) is 83.8 Å². The molecule has 0 unspecified atom stereocenters. The van der Waals surface area contributed by atoms with Crippen molar-refractivity contribution < 1.29 is 9.18 Å². The number of nitrogens with zero attached hydrogens (tertiary/aromatic N) is 4. The summed E-state index contributed by atoms with van der Waals surface area (Å²) in [5.41, 5.74) is 8.80. The number of carbonyl (C=O) groups excluding carboxylic acids is 1. The minimum absolute atomic E-state index is 0.0663. The maximum absolute atomic E-state index is 14.7. The summed E-state index contributed by atoms with van der Waals surface area (Å²) in [5, 5.41) is 16.1. The van der Waals surface area contributed by atoms with E-state index in [-0.39, 0.29) is 17.7 Å². The quantitative estimate of drug-likeness (QED) is 0.366. The van der Waals surface area contributed by atoms with E-state index in [1.807, 2.05) is 54.1 Å². The Morgan fingerprint density at radius 2 is 2.06 bits per heavy atom. The molecular weight excluding hydrogens is 441 g/mol. The lowest BCUT2D eigenvalue weighted by Gasteiger charge is -2.19. The van der Waals surface area contributed by atoms with Gasteiger partial charge in [0.2, 0.25) is 5.91 Å². The molecule has 0 spiro atoms. The first-order valence-corrected chi connectivity index (χ1v) is 10.8. The first-order chi connectivity index (χ1) is 15.9. The highest BCUT2D eigenvalue weighted by molar-refractivity contribution is 7.10. The van der Waals surface area contributed by atoms with Crippen molar-refractivity contribution in [1.29, 1.82) is 5.26 Å². The SMILES string of the molecule is Cc1cc(Nc2cc(N[C@H](Cc3ccc(-n4ccnc4)cc3)C(N)=O)c(F)cc2C#N)sn1. The van der Waals surface area contributed by atoms with Gasteiger partial charge in [-0.15, -0.1) is 0 Å². The van der Waals surface area contributed by atoms with Gasteiger partial charge in [0.25, 0.3) is 0 Å². The van der Waals surface area contributed by atoms with Crippen LogP contribution in [-0.4, -0.2) is 25.9 Å². The number of amides is 1. The summed E-state index contributed by atoms with van der Waals surface area (Å²) in [6, 6.07) is 13.1. The van der Waals surface area contributed by atoms with Crippen LogP contribution in [0.5, 0.6) is 0 Å². The Hall–Kier alpha value is -4.23. The van der Waals surface area contributed by atoms with E-state index in [0.717, 1.165) is 23.0 Å². The van der Waals surface area contributed by atoms with Crippen LogP contribution in [0, 0.1) is 24.1 Å². The molecule has 0 aliphatic heterocycles. The zero-order chi connectivity index (χ0) is 23.4. The average Bonchev–Trinajstić information content (AvgIpc) is 3.47. The van der Waals surface area contributed by atoms with Crippen molar-refractivity contribution in [3.8, 4) is 11.8 Å². The zero-order valence-corrected chi connectivity index (χ0v) is 18.4. The van der Waals surface area contributed by atoms with Crippen molar-refractivity contribution in [2.75, 3.05) is 10.6 Å². The standard InChI is InChI=1S/C23H20FN7OS/c1-14-8-22(33-30-14)29-19-11-20(18(24)10-16(19)12-25)28-21(23(26)32)9-15-2-4-17(5-3-15)31-7-6-27-13-31/h2-8,10-11,13,21,28-29H,9H2,1H3,(H2,26,32)/t21-/m1/s1. The highest BCUT2D eigenvalue weighted by atomic mass is 32.1. The van der Waals surface area contributed by atoms with E-state index >= 15 is 0 Å². The van der Waals surface area contributed by atoms with Crippen molar-refractivity contribution in [3.63, 3.8) is 0 Å². The average molecular weight is 462 g/mol. The van der Waals surface area contributed by atoms with E-state index in [4.69, 9.17) is 5.73 Å². The van der Waals surface area contributed by atoms with E-state index < -0.39 is 17.8 Å². The van der Waals surface area contributed by atoms with Crippen LogP contribution in [0.3, 0.4) is 0 Å². The summed E-state index contributed by atoms with van der Waals surface area (Å²) in [5.74, 6) is -1.27. The summed E-state index contributed by atoms with van der Waals surface area (Å²) in [6.07, 6.45) is 5.47. The first-order valence-electron chi connectivity index (χ1n) is 10.00. The minimum Gasteiger partial charge on any atom is -0.371 e. The molecule has 0 fully saturated rings. The molecular formula is C23H20FN7OS. The van der Waals surface area contributed by atoms with Crippen LogP contribution in [0.1, 0.15) is 16.8 Å². The number of hydrogen-bond donors (Lipinski definition) is 3. The third-order valence-electron chi connectivity index (χ3n) is 4.97. The minimum atomic E-state index is -0.856. The van der Waals surface area contributed by atoms with E-state index in [1.54, 1.807) is 12.5 Å². The molecule has 2 aromatic carbocycles. The number of carbonyl (C=O) groups is 1. The molecule has 2 heterocycles. The Balaban J connectivity index is 1.55. The Morgan fingerprint density at radius 1 is 1.27 bits per heavy atom. The third kappa shape index (κ3) is 5.16. The maximum Gasteiger partial charge on any atom is 0.240 e. The van der Waals surface area contributed by atoms with Crippen LogP contribution in [0.2, 0.25) is 0 Å². The highest BCUT2D eigenvalue weighted by Gasteiger charge is 2.19. The number of halogens is 1. The summed E-state index contributed by atoms with van der Waals surface area (Å²) in [4.78, 5) is 16.1. The molecule has 1 atom stereocenters. The number of rotatable bonds is 8. The van der Waals surface area contributed by atoms with Crippen molar-refractivity contribution >= 4 is 33.8 Å². The fourth-order valence-electron chi connectivity index (χ4n) is 3.30. The van der Waals surface area contributed by atoms with Gasteiger partial charge >= 0.3 is 0 Å². The number of nitrogens with one attached hydrogen (secondary N) is 2. The molecule has 10 heteroatoms. The lowest BCUT2D eigenvalue weighted by molar-refractivity contribution is -0.118. The number of aryl methyl sites for hydroxylation is 1. The van der Waals surface area contributed by atoms with E-state index in [0.29, 0.717) is 10.7 Å². The monoisotopic (exact) mass is 461 g/mol. The molecule has 4 N–H and O–H groups in total. The Bertz CT molecular complexity index is 1310. The Morgan fingerprint density at radius 3 is 2.67 bits per heavy atom. The van der Waals surface area contributed by atoms with Gasteiger partial charge in [0.05, 0.1) is 29.0 Å². The lowest BCUT2D eigenvalue weighted by atomic mass is 10.0. The number of primary amides is 1. The number of hydrogen-bond acceptors (Lipinski definition) is 7. The predicted octanol–water partition coefficient (Wildman–Crippen LogP) is 3.90. The fraction of sp³-hybridized carbons (Fsp3) is 0.130. The second-order valence-electron chi connectivity index (χ2n) is 7.39. The van der Waals surface area contributed by atoms with E-state index in [1.165, 1.54) is 17.6 Å². The maximum atomic E-state index is 14.7. The number of anilines is 3. The summed E-state index contributed by atoms with van der Waals surface area (Å²) < 4.78 is 20.8. The molecule has 2 aromatic heterocycles. The lowest BCUT2D eigenvalue weighted by Crippen LogP contribution is -2.37. The zero-order valence-electron chi connectivity index (χ0n) is 17.6. The predicted molar refractivity (Wildman–Crippen MR) is 125 cm³/mol. The van der Waals surface area contributed by atoms with E-state index in [9.17, 15) is 14.4 Å². The van der Waals surface area contributed by atoms with Gasteiger partial charge in [-0.1, -0.05) is 12.1 Å². The van der Waals surface area contributed by atoms with Crippen LogP contribution in [0.4, 0.5) is 20.8 Å².